The van der Waals surface area contributed by atoms with Crippen LogP contribution in [0.1, 0.15) is 37.1 Å². The SMILES string of the molecule is CCNCc1cc(OCc2cncn2C2CC2)ccc1Br. The predicted molar refractivity (Wildman–Crippen MR) is 86.4 cm³/mol. The van der Waals surface area contributed by atoms with E-state index in [4.69, 9.17) is 4.74 Å². The molecule has 0 radical (unpaired) electrons. The second-order valence-electron chi connectivity index (χ2n) is 5.35. The maximum Gasteiger partial charge on any atom is 0.130 e. The Bertz CT molecular complexity index is 607. The molecule has 1 aliphatic rings. The predicted octanol–water partition coefficient (Wildman–Crippen LogP) is 3.67. The summed E-state index contributed by atoms with van der Waals surface area (Å²) in [5, 5.41) is 3.33. The highest BCUT2D eigenvalue weighted by Crippen LogP contribution is 2.35. The molecule has 1 aromatic heterocycles. The molecular weight excluding hydrogens is 330 g/mol. The van der Waals surface area contributed by atoms with Crippen LogP contribution in [-0.2, 0) is 13.2 Å². The minimum absolute atomic E-state index is 0.568. The topological polar surface area (TPSA) is 39.1 Å². The summed E-state index contributed by atoms with van der Waals surface area (Å²) < 4.78 is 9.28. The van der Waals surface area contributed by atoms with Gasteiger partial charge in [0.25, 0.3) is 0 Å². The Kier molecular flexibility index (Phi) is 4.60. The number of hydrogen-bond acceptors (Lipinski definition) is 3. The van der Waals surface area contributed by atoms with Crippen molar-refractivity contribution in [3.05, 3.63) is 46.5 Å². The average molecular weight is 350 g/mol. The van der Waals surface area contributed by atoms with Gasteiger partial charge in [0.1, 0.15) is 12.4 Å². The summed E-state index contributed by atoms with van der Waals surface area (Å²) in [6, 6.07) is 6.77. The van der Waals surface area contributed by atoms with Gasteiger partial charge < -0.3 is 14.6 Å². The van der Waals surface area contributed by atoms with E-state index in [0.29, 0.717) is 12.6 Å². The van der Waals surface area contributed by atoms with E-state index in [2.05, 4.69) is 43.8 Å². The molecular formula is C16H20BrN3O. The normalized spacial score (nSPS) is 14.4. The maximum atomic E-state index is 5.94. The molecule has 21 heavy (non-hydrogen) atoms. The maximum absolute atomic E-state index is 5.94. The Labute approximate surface area is 133 Å². The molecule has 0 unspecified atom stereocenters. The van der Waals surface area contributed by atoms with Crippen LogP contribution in [-0.4, -0.2) is 16.1 Å². The summed E-state index contributed by atoms with van der Waals surface area (Å²) in [7, 11) is 0. The van der Waals surface area contributed by atoms with Crippen molar-refractivity contribution in [1.29, 1.82) is 0 Å². The number of ether oxygens (including phenoxy) is 1. The van der Waals surface area contributed by atoms with Crippen LogP contribution in [0.25, 0.3) is 0 Å². The fourth-order valence-corrected chi connectivity index (χ4v) is 2.71. The molecule has 1 aliphatic carbocycles. The minimum atomic E-state index is 0.568. The first kappa shape index (κ1) is 14.6. The van der Waals surface area contributed by atoms with Crippen molar-refractivity contribution in [2.45, 2.75) is 39.0 Å². The Morgan fingerprint density at radius 1 is 1.43 bits per heavy atom. The number of nitrogens with zero attached hydrogens (tertiary/aromatic N) is 2. The van der Waals surface area contributed by atoms with Crippen LogP contribution < -0.4 is 10.1 Å². The van der Waals surface area contributed by atoms with E-state index in [1.54, 1.807) is 0 Å². The zero-order chi connectivity index (χ0) is 14.7. The fraction of sp³-hybridized carbons (Fsp3) is 0.438. The second-order valence-corrected chi connectivity index (χ2v) is 6.20. The second kappa shape index (κ2) is 6.62. The van der Waals surface area contributed by atoms with Crippen molar-refractivity contribution in [2.75, 3.05) is 6.54 Å². The van der Waals surface area contributed by atoms with Gasteiger partial charge in [-0.1, -0.05) is 22.9 Å². The van der Waals surface area contributed by atoms with Crippen LogP contribution in [0.4, 0.5) is 0 Å². The fourth-order valence-electron chi connectivity index (χ4n) is 2.32. The van der Waals surface area contributed by atoms with Crippen molar-refractivity contribution in [3.8, 4) is 5.75 Å². The highest BCUT2D eigenvalue weighted by molar-refractivity contribution is 9.10. The van der Waals surface area contributed by atoms with Crippen LogP contribution in [0.2, 0.25) is 0 Å². The lowest BCUT2D eigenvalue weighted by Gasteiger charge is -2.11. The van der Waals surface area contributed by atoms with E-state index in [9.17, 15) is 0 Å². The lowest BCUT2D eigenvalue weighted by atomic mass is 10.2. The van der Waals surface area contributed by atoms with Gasteiger partial charge in [-0.2, -0.15) is 0 Å². The Morgan fingerprint density at radius 3 is 3.05 bits per heavy atom. The zero-order valence-corrected chi connectivity index (χ0v) is 13.8. The lowest BCUT2D eigenvalue weighted by molar-refractivity contribution is 0.294. The first-order chi connectivity index (χ1) is 10.3. The molecule has 0 aliphatic heterocycles. The molecule has 5 heteroatoms. The molecule has 2 aromatic rings. The molecule has 112 valence electrons. The van der Waals surface area contributed by atoms with Crippen LogP contribution in [0.3, 0.4) is 0 Å². The van der Waals surface area contributed by atoms with Crippen molar-refractivity contribution < 1.29 is 4.74 Å². The van der Waals surface area contributed by atoms with Gasteiger partial charge in [-0.15, -0.1) is 0 Å². The number of aromatic nitrogens is 2. The highest BCUT2D eigenvalue weighted by Gasteiger charge is 2.25. The van der Waals surface area contributed by atoms with E-state index >= 15 is 0 Å². The first-order valence-corrected chi connectivity index (χ1v) is 8.20. The quantitative estimate of drug-likeness (QED) is 0.828. The summed E-state index contributed by atoms with van der Waals surface area (Å²) in [5.41, 5.74) is 2.36. The zero-order valence-electron chi connectivity index (χ0n) is 12.2. The van der Waals surface area contributed by atoms with E-state index in [0.717, 1.165) is 29.0 Å². The highest BCUT2D eigenvalue weighted by atomic mass is 79.9. The third-order valence-corrected chi connectivity index (χ3v) is 4.43. The molecule has 3 rings (SSSR count). The van der Waals surface area contributed by atoms with Gasteiger partial charge in [-0.3, -0.25) is 0 Å². The third-order valence-electron chi connectivity index (χ3n) is 3.66. The monoisotopic (exact) mass is 349 g/mol. The van der Waals surface area contributed by atoms with Crippen molar-refractivity contribution in [2.24, 2.45) is 0 Å². The molecule has 4 nitrogen and oxygen atoms in total. The molecule has 1 heterocycles. The third kappa shape index (κ3) is 3.66. The number of benzene rings is 1. The average Bonchev–Trinajstić information content (AvgIpc) is 3.24. The van der Waals surface area contributed by atoms with Crippen LogP contribution in [0, 0.1) is 0 Å². The van der Waals surface area contributed by atoms with Gasteiger partial charge in [0.05, 0.1) is 18.2 Å². The van der Waals surface area contributed by atoms with Gasteiger partial charge in [-0.25, -0.2) is 4.98 Å². The van der Waals surface area contributed by atoms with Crippen LogP contribution in [0.5, 0.6) is 5.75 Å². The smallest absolute Gasteiger partial charge is 0.130 e. The molecule has 1 aromatic carbocycles. The lowest BCUT2D eigenvalue weighted by Crippen LogP contribution is -2.12. The van der Waals surface area contributed by atoms with E-state index in [-0.39, 0.29) is 0 Å². The van der Waals surface area contributed by atoms with Crippen molar-refractivity contribution >= 4 is 15.9 Å². The van der Waals surface area contributed by atoms with Gasteiger partial charge in [-0.05, 0) is 43.1 Å². The molecule has 0 atom stereocenters. The molecule has 1 saturated carbocycles. The minimum Gasteiger partial charge on any atom is -0.487 e. The standard InChI is InChI=1S/C16H20BrN3O/c1-2-18-8-12-7-15(5-6-16(12)17)21-10-14-9-19-11-20(14)13-3-4-13/h5-7,9,11,13,18H,2-4,8,10H2,1H3. The van der Waals surface area contributed by atoms with Crippen molar-refractivity contribution in [1.82, 2.24) is 14.9 Å². The molecule has 0 bridgehead atoms. The van der Waals surface area contributed by atoms with Gasteiger partial charge in [0, 0.05) is 17.1 Å². The number of halogens is 1. The van der Waals surface area contributed by atoms with Crippen LogP contribution >= 0.6 is 15.9 Å². The molecule has 1 fully saturated rings. The number of rotatable bonds is 7. The molecule has 0 amide bonds. The van der Waals surface area contributed by atoms with Gasteiger partial charge in [0.15, 0.2) is 0 Å². The summed E-state index contributed by atoms with van der Waals surface area (Å²) in [6.07, 6.45) is 6.33. The van der Waals surface area contributed by atoms with E-state index in [1.165, 1.54) is 18.4 Å². The summed E-state index contributed by atoms with van der Waals surface area (Å²) in [5.74, 6) is 0.898. The van der Waals surface area contributed by atoms with Gasteiger partial charge >= 0.3 is 0 Å². The van der Waals surface area contributed by atoms with Crippen LogP contribution in [0.15, 0.2) is 35.2 Å². The summed E-state index contributed by atoms with van der Waals surface area (Å²) in [4.78, 5) is 4.23. The Balaban J connectivity index is 1.65. The summed E-state index contributed by atoms with van der Waals surface area (Å²) in [6.45, 7) is 4.47. The summed E-state index contributed by atoms with van der Waals surface area (Å²) >= 11 is 3.58. The molecule has 0 saturated heterocycles. The number of hydrogen-bond donors (Lipinski definition) is 1. The van der Waals surface area contributed by atoms with E-state index < -0.39 is 0 Å². The number of nitrogens with one attached hydrogen (secondary N) is 1. The van der Waals surface area contributed by atoms with Crippen molar-refractivity contribution in [3.63, 3.8) is 0 Å². The largest absolute Gasteiger partial charge is 0.487 e. The number of imidazole rings is 1. The first-order valence-electron chi connectivity index (χ1n) is 7.40. The Hall–Kier alpha value is -1.33. The van der Waals surface area contributed by atoms with E-state index in [1.807, 2.05) is 24.7 Å². The molecule has 1 N–H and O–H groups in total. The Morgan fingerprint density at radius 2 is 2.29 bits per heavy atom. The van der Waals surface area contributed by atoms with Gasteiger partial charge in [0.2, 0.25) is 0 Å². The molecule has 0 spiro atoms.